The molecule has 1 aliphatic rings. The van der Waals surface area contributed by atoms with Crippen molar-refractivity contribution >= 4 is 5.91 Å². The number of carbonyl (C=O) groups is 1. The largest absolute Gasteiger partial charge is 0.375 e. The van der Waals surface area contributed by atoms with E-state index in [4.69, 9.17) is 4.74 Å². The number of likely N-dealkylation sites (tertiary alicyclic amines) is 1. The summed E-state index contributed by atoms with van der Waals surface area (Å²) in [6.45, 7) is 1.77. The van der Waals surface area contributed by atoms with Gasteiger partial charge >= 0.3 is 0 Å². The maximum Gasteiger partial charge on any atom is 0.248 e. The lowest BCUT2D eigenvalue weighted by Crippen LogP contribution is -2.31. The van der Waals surface area contributed by atoms with E-state index in [1.54, 1.807) is 13.3 Å². The molecular weight excluding hydrogens is 292 g/mol. The van der Waals surface area contributed by atoms with E-state index in [2.05, 4.69) is 16.1 Å². The van der Waals surface area contributed by atoms with Crippen LogP contribution in [0.1, 0.15) is 12.0 Å². The Morgan fingerprint density at radius 2 is 2.26 bits per heavy atom. The molecule has 0 N–H and O–H groups in total. The summed E-state index contributed by atoms with van der Waals surface area (Å²) >= 11 is 0. The quantitative estimate of drug-likeness (QED) is 0.839. The molecule has 0 saturated carbocycles. The highest BCUT2D eigenvalue weighted by Crippen LogP contribution is 2.26. The van der Waals surface area contributed by atoms with Gasteiger partial charge in [0.15, 0.2) is 0 Å². The molecule has 1 saturated heterocycles. The van der Waals surface area contributed by atoms with Crippen LogP contribution in [0, 0.1) is 5.92 Å². The third-order valence-corrected chi connectivity index (χ3v) is 4.37. The Morgan fingerprint density at radius 3 is 3.00 bits per heavy atom. The van der Waals surface area contributed by atoms with Crippen LogP contribution < -0.4 is 0 Å². The van der Waals surface area contributed by atoms with Gasteiger partial charge in [0.05, 0.1) is 11.4 Å². The molecule has 23 heavy (non-hydrogen) atoms. The molecule has 3 rings (SSSR count). The molecule has 0 aliphatic carbocycles. The number of rotatable bonds is 5. The predicted octanol–water partition coefficient (Wildman–Crippen LogP) is 1.52. The van der Waals surface area contributed by atoms with E-state index < -0.39 is 0 Å². The van der Waals surface area contributed by atoms with Crippen LogP contribution in [0.25, 0.3) is 11.4 Å². The first kappa shape index (κ1) is 15.7. The molecule has 1 atom stereocenters. The molecule has 0 aromatic carbocycles. The van der Waals surface area contributed by atoms with Crippen LogP contribution in [-0.4, -0.2) is 52.4 Å². The van der Waals surface area contributed by atoms with Gasteiger partial charge in [0, 0.05) is 39.6 Å². The Labute approximate surface area is 136 Å². The van der Waals surface area contributed by atoms with E-state index in [0.717, 1.165) is 37.3 Å². The first-order valence-corrected chi connectivity index (χ1v) is 7.88. The van der Waals surface area contributed by atoms with Crippen molar-refractivity contribution < 1.29 is 9.53 Å². The summed E-state index contributed by atoms with van der Waals surface area (Å²) in [6, 6.07) is 6.07. The third-order valence-electron chi connectivity index (χ3n) is 4.37. The van der Waals surface area contributed by atoms with Gasteiger partial charge in [0.1, 0.15) is 6.61 Å². The van der Waals surface area contributed by atoms with Crippen LogP contribution >= 0.6 is 0 Å². The number of pyridine rings is 1. The van der Waals surface area contributed by atoms with E-state index in [-0.39, 0.29) is 12.5 Å². The van der Waals surface area contributed by atoms with Gasteiger partial charge in [0.25, 0.3) is 0 Å². The van der Waals surface area contributed by atoms with Gasteiger partial charge < -0.3 is 9.64 Å². The molecule has 1 unspecified atom stereocenters. The first-order valence-electron chi connectivity index (χ1n) is 7.88. The Balaban J connectivity index is 1.72. The average Bonchev–Trinajstić information content (AvgIpc) is 3.17. The number of hydrogen-bond acceptors (Lipinski definition) is 4. The van der Waals surface area contributed by atoms with Gasteiger partial charge in [-0.15, -0.1) is 0 Å². The zero-order chi connectivity index (χ0) is 16.2. The predicted molar refractivity (Wildman–Crippen MR) is 86.7 cm³/mol. The molecule has 3 heterocycles. The van der Waals surface area contributed by atoms with Crippen molar-refractivity contribution in [3.05, 3.63) is 36.2 Å². The lowest BCUT2D eigenvalue weighted by atomic mass is 9.96. The number of nitrogens with zero attached hydrogens (tertiary/aromatic N) is 4. The van der Waals surface area contributed by atoms with Gasteiger partial charge in [-0.25, -0.2) is 0 Å². The number of ether oxygens (including phenoxy) is 1. The second-order valence-corrected chi connectivity index (χ2v) is 5.98. The van der Waals surface area contributed by atoms with Gasteiger partial charge in [-0.05, 0) is 36.5 Å². The van der Waals surface area contributed by atoms with Crippen LogP contribution in [0.5, 0.6) is 0 Å². The monoisotopic (exact) mass is 314 g/mol. The molecule has 6 heteroatoms. The lowest BCUT2D eigenvalue weighted by molar-refractivity contribution is -0.134. The van der Waals surface area contributed by atoms with Gasteiger partial charge in [-0.1, -0.05) is 6.07 Å². The standard InChI is InChI=1S/C17H22N4O2/c1-20-15(5-8-19-20)17-14(4-3-7-18-17)10-13-6-9-21(11-13)16(22)12-23-2/h3-5,7-8,13H,6,9-12H2,1-2H3. The van der Waals surface area contributed by atoms with Crippen LogP contribution in [0.3, 0.4) is 0 Å². The second kappa shape index (κ2) is 6.91. The highest BCUT2D eigenvalue weighted by Gasteiger charge is 2.27. The van der Waals surface area contributed by atoms with E-state index in [0.29, 0.717) is 5.92 Å². The summed E-state index contributed by atoms with van der Waals surface area (Å²) in [5.74, 6) is 0.542. The van der Waals surface area contributed by atoms with E-state index in [9.17, 15) is 4.79 Å². The van der Waals surface area contributed by atoms with Crippen LogP contribution in [0.2, 0.25) is 0 Å². The highest BCUT2D eigenvalue weighted by molar-refractivity contribution is 5.77. The molecule has 1 fully saturated rings. The number of methoxy groups -OCH3 is 1. The Kier molecular flexibility index (Phi) is 4.71. The first-order chi connectivity index (χ1) is 11.2. The minimum Gasteiger partial charge on any atom is -0.375 e. The summed E-state index contributed by atoms with van der Waals surface area (Å²) in [4.78, 5) is 18.4. The summed E-state index contributed by atoms with van der Waals surface area (Å²) < 4.78 is 6.78. The summed E-state index contributed by atoms with van der Waals surface area (Å²) in [5.41, 5.74) is 3.21. The maximum absolute atomic E-state index is 11.9. The van der Waals surface area contributed by atoms with E-state index >= 15 is 0 Å². The third kappa shape index (κ3) is 3.42. The highest BCUT2D eigenvalue weighted by atomic mass is 16.5. The van der Waals surface area contributed by atoms with Crippen molar-refractivity contribution in [2.75, 3.05) is 26.8 Å². The Hall–Kier alpha value is -2.21. The SMILES string of the molecule is COCC(=O)N1CCC(Cc2cccnc2-c2ccnn2C)C1. The molecule has 2 aromatic rings. The topological polar surface area (TPSA) is 60.2 Å². The number of hydrogen-bond donors (Lipinski definition) is 0. The molecule has 0 radical (unpaired) electrons. The molecule has 122 valence electrons. The van der Waals surface area contributed by atoms with Gasteiger partial charge in [0.2, 0.25) is 5.91 Å². The Morgan fingerprint density at radius 1 is 1.39 bits per heavy atom. The summed E-state index contributed by atoms with van der Waals surface area (Å²) in [6.07, 6.45) is 5.55. The molecule has 1 amide bonds. The minimum absolute atomic E-state index is 0.0769. The molecule has 0 spiro atoms. The zero-order valence-corrected chi connectivity index (χ0v) is 13.6. The van der Waals surface area contributed by atoms with E-state index in [1.807, 2.05) is 35.0 Å². The van der Waals surface area contributed by atoms with E-state index in [1.165, 1.54) is 5.56 Å². The van der Waals surface area contributed by atoms with Gasteiger partial charge in [-0.3, -0.25) is 14.5 Å². The summed E-state index contributed by atoms with van der Waals surface area (Å²) in [5, 5.41) is 4.23. The zero-order valence-electron chi connectivity index (χ0n) is 13.6. The fourth-order valence-corrected chi connectivity index (χ4v) is 3.19. The van der Waals surface area contributed by atoms with Crippen molar-refractivity contribution in [1.29, 1.82) is 0 Å². The smallest absolute Gasteiger partial charge is 0.248 e. The average molecular weight is 314 g/mol. The fourth-order valence-electron chi connectivity index (χ4n) is 3.19. The number of carbonyl (C=O) groups excluding carboxylic acids is 1. The molecule has 2 aromatic heterocycles. The molecule has 0 bridgehead atoms. The molecule has 1 aliphatic heterocycles. The fraction of sp³-hybridized carbons (Fsp3) is 0.471. The number of aromatic nitrogens is 3. The molecular formula is C17H22N4O2. The second-order valence-electron chi connectivity index (χ2n) is 5.98. The number of amides is 1. The molecule has 6 nitrogen and oxygen atoms in total. The minimum atomic E-state index is 0.0769. The maximum atomic E-state index is 11.9. The Bertz CT molecular complexity index is 683. The van der Waals surface area contributed by atoms with Crippen molar-refractivity contribution in [2.45, 2.75) is 12.8 Å². The normalized spacial score (nSPS) is 17.7. The summed E-state index contributed by atoms with van der Waals surface area (Å²) in [7, 11) is 3.48. The number of aryl methyl sites for hydroxylation is 1. The van der Waals surface area contributed by atoms with Crippen molar-refractivity contribution in [3.8, 4) is 11.4 Å². The van der Waals surface area contributed by atoms with Crippen molar-refractivity contribution in [3.63, 3.8) is 0 Å². The van der Waals surface area contributed by atoms with Crippen molar-refractivity contribution in [1.82, 2.24) is 19.7 Å². The van der Waals surface area contributed by atoms with Crippen LogP contribution in [0.15, 0.2) is 30.6 Å². The van der Waals surface area contributed by atoms with Crippen LogP contribution in [-0.2, 0) is 23.0 Å². The van der Waals surface area contributed by atoms with Crippen LogP contribution in [0.4, 0.5) is 0 Å². The van der Waals surface area contributed by atoms with Crippen molar-refractivity contribution in [2.24, 2.45) is 13.0 Å². The van der Waals surface area contributed by atoms with Gasteiger partial charge in [-0.2, -0.15) is 5.10 Å². The lowest BCUT2D eigenvalue weighted by Gasteiger charge is -2.16.